The summed E-state index contributed by atoms with van der Waals surface area (Å²) >= 11 is 6.06. The lowest BCUT2D eigenvalue weighted by molar-refractivity contribution is -0.114. The molecule has 0 fully saturated rings. The summed E-state index contributed by atoms with van der Waals surface area (Å²) in [4.78, 5) is 32.9. The maximum absolute atomic E-state index is 13.0. The molecule has 2 amide bonds. The number of fused-ring (bicyclic) bond motifs is 1. The summed E-state index contributed by atoms with van der Waals surface area (Å²) in [5.74, 6) is 0.167. The van der Waals surface area contributed by atoms with Crippen molar-refractivity contribution >= 4 is 52.1 Å². The van der Waals surface area contributed by atoms with Crippen LogP contribution < -0.4 is 21.7 Å². The summed E-state index contributed by atoms with van der Waals surface area (Å²) in [6.07, 6.45) is 1.46. The molecule has 0 bridgehead atoms. The minimum atomic E-state index is -0.542. The number of hydrogen-bond donors (Lipinski definition) is 4. The van der Waals surface area contributed by atoms with E-state index in [0.29, 0.717) is 39.3 Å². The molecule has 2 aromatic carbocycles. The van der Waals surface area contributed by atoms with Crippen LogP contribution >= 0.6 is 11.6 Å². The van der Waals surface area contributed by atoms with Crippen LogP contribution in [0.3, 0.4) is 0 Å². The van der Waals surface area contributed by atoms with Gasteiger partial charge in [-0.1, -0.05) is 29.8 Å². The smallest absolute Gasteiger partial charge is 0.274 e. The topological polar surface area (TPSA) is 165 Å². The fraction of sp³-hybridized carbons (Fsp3) is 0.0800. The van der Waals surface area contributed by atoms with Crippen molar-refractivity contribution in [1.29, 1.82) is 0 Å². The van der Waals surface area contributed by atoms with Gasteiger partial charge < -0.3 is 21.7 Å². The summed E-state index contributed by atoms with van der Waals surface area (Å²) in [6.45, 7) is 1.43. The molecule has 0 saturated carbocycles. The zero-order chi connectivity index (χ0) is 26.6. The van der Waals surface area contributed by atoms with Crippen LogP contribution in [0.1, 0.15) is 23.2 Å². The van der Waals surface area contributed by atoms with Crippen LogP contribution in [-0.4, -0.2) is 41.6 Å². The summed E-state index contributed by atoms with van der Waals surface area (Å²) in [6, 6.07) is 17.8. The number of nitrogen functional groups attached to an aromatic ring is 1. The minimum Gasteiger partial charge on any atom is -0.382 e. The highest BCUT2D eigenvalue weighted by Crippen LogP contribution is 2.22. The maximum atomic E-state index is 13.0. The first-order chi connectivity index (χ1) is 18.4. The quantitative estimate of drug-likeness (QED) is 0.247. The Hall–Kier alpha value is -5.10. The molecule has 3 aromatic heterocycles. The van der Waals surface area contributed by atoms with Crippen LogP contribution in [0.2, 0.25) is 5.02 Å². The molecule has 5 N–H and O–H groups in total. The highest BCUT2D eigenvalue weighted by Gasteiger charge is 2.17. The highest BCUT2D eigenvalue weighted by molar-refractivity contribution is 6.30. The predicted molar refractivity (Wildman–Crippen MR) is 143 cm³/mol. The summed E-state index contributed by atoms with van der Waals surface area (Å²) < 4.78 is 1.52. The second kappa shape index (κ2) is 10.5. The Balaban J connectivity index is 1.33. The molecule has 0 saturated heterocycles. The van der Waals surface area contributed by atoms with Crippen molar-refractivity contribution < 1.29 is 9.59 Å². The van der Waals surface area contributed by atoms with E-state index in [0.717, 1.165) is 5.69 Å². The molecular weight excluding hydrogens is 508 g/mol. The normalized spacial score (nSPS) is 10.8. The molecule has 5 rings (SSSR count). The van der Waals surface area contributed by atoms with E-state index in [1.165, 1.54) is 17.6 Å². The lowest BCUT2D eigenvalue weighted by Gasteiger charge is -2.09. The molecule has 0 aliphatic rings. The zero-order valence-corrected chi connectivity index (χ0v) is 20.8. The third-order valence-electron chi connectivity index (χ3n) is 5.33. The third kappa shape index (κ3) is 5.50. The minimum absolute atomic E-state index is 0.0109. The van der Waals surface area contributed by atoms with E-state index in [1.807, 2.05) is 12.1 Å². The van der Waals surface area contributed by atoms with Gasteiger partial charge in [0.2, 0.25) is 5.91 Å². The van der Waals surface area contributed by atoms with Crippen LogP contribution in [0.25, 0.3) is 16.9 Å². The average Bonchev–Trinajstić information content (AvgIpc) is 3.29. The van der Waals surface area contributed by atoms with Gasteiger partial charge in [0, 0.05) is 28.9 Å². The van der Waals surface area contributed by atoms with Crippen molar-refractivity contribution in [3.8, 4) is 11.3 Å². The van der Waals surface area contributed by atoms with Gasteiger partial charge >= 0.3 is 0 Å². The lowest BCUT2D eigenvalue weighted by atomic mass is 10.1. The average molecular weight is 529 g/mol. The SMILES string of the molecule is CC(=O)Nc1cccc(-c2cnc(N)c(C(=O)NCc3nnc4ccc(Nc5cccc(Cl)c5)nn34)n2)c1. The van der Waals surface area contributed by atoms with E-state index in [4.69, 9.17) is 17.3 Å². The number of anilines is 4. The summed E-state index contributed by atoms with van der Waals surface area (Å²) in [5.41, 5.74) is 8.85. The molecule has 38 heavy (non-hydrogen) atoms. The van der Waals surface area contributed by atoms with Crippen LogP contribution in [0.5, 0.6) is 0 Å². The Kier molecular flexibility index (Phi) is 6.78. The molecule has 12 nitrogen and oxygen atoms in total. The van der Waals surface area contributed by atoms with E-state index in [-0.39, 0.29) is 24.0 Å². The molecular formula is C25H21ClN10O2. The molecule has 0 radical (unpaired) electrons. The van der Waals surface area contributed by atoms with E-state index in [2.05, 4.69) is 41.2 Å². The maximum Gasteiger partial charge on any atom is 0.274 e. The largest absolute Gasteiger partial charge is 0.382 e. The number of carbonyl (C=O) groups excluding carboxylic acids is 2. The number of benzene rings is 2. The van der Waals surface area contributed by atoms with Gasteiger partial charge in [0.1, 0.15) is 0 Å². The number of amides is 2. The van der Waals surface area contributed by atoms with Gasteiger partial charge in [-0.2, -0.15) is 4.52 Å². The van der Waals surface area contributed by atoms with Gasteiger partial charge in [-0.3, -0.25) is 9.59 Å². The van der Waals surface area contributed by atoms with Gasteiger partial charge in [-0.15, -0.1) is 15.3 Å². The van der Waals surface area contributed by atoms with Crippen LogP contribution in [0.15, 0.2) is 66.9 Å². The number of hydrogen-bond acceptors (Lipinski definition) is 9. The molecule has 0 spiro atoms. The van der Waals surface area contributed by atoms with Crippen molar-refractivity contribution in [2.45, 2.75) is 13.5 Å². The number of nitrogens with zero attached hydrogens (tertiary/aromatic N) is 6. The van der Waals surface area contributed by atoms with Crippen LogP contribution in [0, 0.1) is 0 Å². The summed E-state index contributed by atoms with van der Waals surface area (Å²) in [7, 11) is 0. The van der Waals surface area contributed by atoms with Gasteiger partial charge in [-0.05, 0) is 42.5 Å². The van der Waals surface area contributed by atoms with E-state index < -0.39 is 5.91 Å². The molecule has 13 heteroatoms. The Bertz CT molecular complexity index is 1670. The molecule has 0 atom stereocenters. The number of rotatable bonds is 7. The predicted octanol–water partition coefficient (Wildman–Crippen LogP) is 3.45. The van der Waals surface area contributed by atoms with Gasteiger partial charge in [0.25, 0.3) is 5.91 Å². The van der Waals surface area contributed by atoms with Crippen molar-refractivity contribution in [2.24, 2.45) is 0 Å². The number of carbonyl (C=O) groups is 2. The second-order valence-electron chi connectivity index (χ2n) is 8.17. The van der Waals surface area contributed by atoms with Gasteiger partial charge in [0.15, 0.2) is 28.8 Å². The van der Waals surface area contributed by atoms with Crippen LogP contribution in [-0.2, 0) is 11.3 Å². The van der Waals surface area contributed by atoms with Crippen molar-refractivity contribution in [3.05, 3.63) is 83.4 Å². The second-order valence-corrected chi connectivity index (χ2v) is 8.61. The Labute approximate surface area is 221 Å². The molecule has 5 aromatic rings. The zero-order valence-electron chi connectivity index (χ0n) is 20.0. The standard InChI is InChI=1S/C25H21ClN10O2/c1-14(37)30-17-6-2-4-15(10-17)19-12-28-24(27)23(32-19)25(38)29-13-22-34-33-21-9-8-20(35-36(21)22)31-18-7-3-5-16(26)11-18/h2-12H,13H2,1H3,(H2,27,28)(H,29,38)(H,30,37)(H,31,35). The first-order valence-electron chi connectivity index (χ1n) is 11.4. The van der Waals surface area contributed by atoms with E-state index in [1.54, 1.807) is 48.5 Å². The first-order valence-corrected chi connectivity index (χ1v) is 11.8. The summed E-state index contributed by atoms with van der Waals surface area (Å²) in [5, 5.41) is 22.0. The first kappa shape index (κ1) is 24.6. The Morgan fingerprint density at radius 3 is 2.66 bits per heavy atom. The molecule has 0 unspecified atom stereocenters. The van der Waals surface area contributed by atoms with Crippen LogP contribution in [0.4, 0.5) is 23.0 Å². The number of aromatic nitrogens is 6. The lowest BCUT2D eigenvalue weighted by Crippen LogP contribution is -2.26. The number of halogens is 1. The Morgan fingerprint density at radius 2 is 1.84 bits per heavy atom. The fourth-order valence-electron chi connectivity index (χ4n) is 3.63. The monoisotopic (exact) mass is 528 g/mol. The van der Waals surface area contributed by atoms with Gasteiger partial charge in [0.05, 0.1) is 18.4 Å². The van der Waals surface area contributed by atoms with Crippen molar-refractivity contribution in [1.82, 2.24) is 35.1 Å². The number of nitrogens with one attached hydrogen (secondary N) is 3. The third-order valence-corrected chi connectivity index (χ3v) is 5.56. The van der Waals surface area contributed by atoms with Crippen molar-refractivity contribution in [3.63, 3.8) is 0 Å². The molecule has 0 aliphatic heterocycles. The van der Waals surface area contributed by atoms with E-state index >= 15 is 0 Å². The van der Waals surface area contributed by atoms with Crippen molar-refractivity contribution in [2.75, 3.05) is 16.4 Å². The highest BCUT2D eigenvalue weighted by atomic mass is 35.5. The fourth-order valence-corrected chi connectivity index (χ4v) is 3.82. The molecule has 3 heterocycles. The molecule has 0 aliphatic carbocycles. The van der Waals surface area contributed by atoms with E-state index in [9.17, 15) is 9.59 Å². The van der Waals surface area contributed by atoms with Gasteiger partial charge in [-0.25, -0.2) is 9.97 Å². The Morgan fingerprint density at radius 1 is 1.03 bits per heavy atom. The number of nitrogens with two attached hydrogens (primary N) is 1. The molecule has 190 valence electrons.